The molecule has 2 N–H and O–H groups in total. The molecule has 110 valence electrons. The fraction of sp³-hybridized carbons (Fsp3) is 0.562. The Balaban J connectivity index is 1.89. The second kappa shape index (κ2) is 6.86. The van der Waals surface area contributed by atoms with Gasteiger partial charge < -0.3 is 10.6 Å². The number of rotatable bonds is 6. The average molecular weight is 275 g/mol. The second-order valence-corrected chi connectivity index (χ2v) is 5.52. The number of amides is 1. The van der Waals surface area contributed by atoms with Crippen molar-refractivity contribution in [2.75, 3.05) is 26.2 Å². The molecule has 1 aromatic carbocycles. The maximum absolute atomic E-state index is 12.2. The maximum Gasteiger partial charge on any atom is 0.234 e. The highest BCUT2D eigenvalue weighted by Crippen LogP contribution is 2.16. The molecule has 0 aromatic heterocycles. The quantitative estimate of drug-likeness (QED) is 0.826. The normalized spacial score (nSPS) is 16.8. The smallest absolute Gasteiger partial charge is 0.234 e. The number of carbonyl (C=O) groups excluding carboxylic acids is 1. The lowest BCUT2D eigenvalue weighted by molar-refractivity contribution is -0.123. The van der Waals surface area contributed by atoms with E-state index in [2.05, 4.69) is 41.5 Å². The summed E-state index contributed by atoms with van der Waals surface area (Å²) in [6.45, 7) is 9.62. The monoisotopic (exact) mass is 275 g/mol. The van der Waals surface area contributed by atoms with E-state index in [1.165, 1.54) is 11.1 Å². The fourth-order valence-corrected chi connectivity index (χ4v) is 2.65. The molecular weight excluding hydrogens is 250 g/mol. The van der Waals surface area contributed by atoms with Crippen molar-refractivity contribution < 1.29 is 4.79 Å². The number of nitrogens with zero attached hydrogens (tertiary/aromatic N) is 1. The van der Waals surface area contributed by atoms with Gasteiger partial charge in [-0.2, -0.15) is 0 Å². The van der Waals surface area contributed by atoms with Crippen molar-refractivity contribution in [3.05, 3.63) is 35.4 Å². The predicted molar refractivity (Wildman–Crippen MR) is 81.6 cm³/mol. The molecule has 2 rings (SSSR count). The summed E-state index contributed by atoms with van der Waals surface area (Å²) in [5.74, 6) is 0.106. The van der Waals surface area contributed by atoms with Crippen LogP contribution in [0, 0.1) is 6.92 Å². The zero-order valence-corrected chi connectivity index (χ0v) is 12.6. The van der Waals surface area contributed by atoms with E-state index >= 15 is 0 Å². The lowest BCUT2D eigenvalue weighted by Gasteiger charge is -2.37. The first kappa shape index (κ1) is 15.0. The van der Waals surface area contributed by atoms with E-state index in [0.717, 1.165) is 19.6 Å². The summed E-state index contributed by atoms with van der Waals surface area (Å²) in [7, 11) is 0. The number of benzene rings is 1. The van der Waals surface area contributed by atoms with Gasteiger partial charge in [-0.25, -0.2) is 0 Å². The SMILES string of the molecule is CCN(CC(=O)NC(C)c1ccccc1C)C1CNC1. The third kappa shape index (κ3) is 3.58. The van der Waals surface area contributed by atoms with Gasteiger partial charge in [0.1, 0.15) is 0 Å². The van der Waals surface area contributed by atoms with Gasteiger partial charge in [0.25, 0.3) is 0 Å². The summed E-state index contributed by atoms with van der Waals surface area (Å²) in [4.78, 5) is 14.4. The van der Waals surface area contributed by atoms with Crippen molar-refractivity contribution in [2.45, 2.75) is 32.9 Å². The number of carbonyl (C=O) groups is 1. The highest BCUT2D eigenvalue weighted by atomic mass is 16.2. The molecule has 0 aliphatic carbocycles. The van der Waals surface area contributed by atoms with E-state index in [4.69, 9.17) is 0 Å². The van der Waals surface area contributed by atoms with Gasteiger partial charge >= 0.3 is 0 Å². The first-order valence-corrected chi connectivity index (χ1v) is 7.41. The molecule has 20 heavy (non-hydrogen) atoms. The number of likely N-dealkylation sites (N-methyl/N-ethyl adjacent to an activating group) is 1. The second-order valence-electron chi connectivity index (χ2n) is 5.52. The van der Waals surface area contributed by atoms with Gasteiger partial charge in [-0.3, -0.25) is 9.69 Å². The van der Waals surface area contributed by atoms with Crippen LogP contribution in [0.15, 0.2) is 24.3 Å². The van der Waals surface area contributed by atoms with Gasteiger partial charge in [-0.1, -0.05) is 31.2 Å². The zero-order chi connectivity index (χ0) is 14.5. The van der Waals surface area contributed by atoms with Crippen molar-refractivity contribution in [1.29, 1.82) is 0 Å². The summed E-state index contributed by atoms with van der Waals surface area (Å²) in [5, 5.41) is 6.35. The Hall–Kier alpha value is -1.39. The minimum atomic E-state index is 0.0573. The minimum Gasteiger partial charge on any atom is -0.348 e. The summed E-state index contributed by atoms with van der Waals surface area (Å²) in [6.07, 6.45) is 0. The van der Waals surface area contributed by atoms with Crippen molar-refractivity contribution >= 4 is 5.91 Å². The van der Waals surface area contributed by atoms with Crippen LogP contribution in [-0.4, -0.2) is 43.0 Å². The molecule has 1 heterocycles. The van der Waals surface area contributed by atoms with Crippen LogP contribution in [0.4, 0.5) is 0 Å². The van der Waals surface area contributed by atoms with Crippen molar-refractivity contribution in [3.8, 4) is 0 Å². The molecule has 1 aliphatic rings. The highest BCUT2D eigenvalue weighted by Gasteiger charge is 2.25. The van der Waals surface area contributed by atoms with E-state index < -0.39 is 0 Å². The van der Waals surface area contributed by atoms with Crippen LogP contribution >= 0.6 is 0 Å². The van der Waals surface area contributed by atoms with Crippen LogP contribution in [0.2, 0.25) is 0 Å². The first-order valence-electron chi connectivity index (χ1n) is 7.41. The molecule has 4 nitrogen and oxygen atoms in total. The molecule has 1 atom stereocenters. The number of hydrogen-bond acceptors (Lipinski definition) is 3. The summed E-state index contributed by atoms with van der Waals surface area (Å²) >= 11 is 0. The van der Waals surface area contributed by atoms with E-state index in [0.29, 0.717) is 12.6 Å². The Morgan fingerprint density at radius 1 is 1.45 bits per heavy atom. The standard InChI is InChI=1S/C16H25N3O/c1-4-19(14-9-17-10-14)11-16(20)18-13(3)15-8-6-5-7-12(15)2/h5-8,13-14,17H,4,9-11H2,1-3H3,(H,18,20). The zero-order valence-electron chi connectivity index (χ0n) is 12.6. The van der Waals surface area contributed by atoms with E-state index in [-0.39, 0.29) is 11.9 Å². The lowest BCUT2D eigenvalue weighted by Crippen LogP contribution is -2.58. The van der Waals surface area contributed by atoms with Gasteiger partial charge in [0.2, 0.25) is 5.91 Å². The Kier molecular flexibility index (Phi) is 5.15. The molecule has 1 fully saturated rings. The molecule has 1 saturated heterocycles. The minimum absolute atomic E-state index is 0.0573. The van der Waals surface area contributed by atoms with Gasteiger partial charge in [0.15, 0.2) is 0 Å². The molecule has 1 aliphatic heterocycles. The van der Waals surface area contributed by atoms with Crippen LogP contribution in [0.25, 0.3) is 0 Å². The third-order valence-electron chi connectivity index (χ3n) is 4.06. The van der Waals surface area contributed by atoms with Gasteiger partial charge in [0, 0.05) is 19.1 Å². The molecule has 1 amide bonds. The Morgan fingerprint density at radius 3 is 2.70 bits per heavy atom. The number of hydrogen-bond donors (Lipinski definition) is 2. The molecule has 0 bridgehead atoms. The number of nitrogens with one attached hydrogen (secondary N) is 2. The maximum atomic E-state index is 12.2. The Labute approximate surface area is 121 Å². The van der Waals surface area contributed by atoms with Crippen molar-refractivity contribution in [1.82, 2.24) is 15.5 Å². The van der Waals surface area contributed by atoms with Gasteiger partial charge in [-0.05, 0) is 31.5 Å². The van der Waals surface area contributed by atoms with E-state index in [1.807, 2.05) is 19.1 Å². The first-order chi connectivity index (χ1) is 9.61. The topological polar surface area (TPSA) is 44.4 Å². The highest BCUT2D eigenvalue weighted by molar-refractivity contribution is 5.78. The third-order valence-corrected chi connectivity index (χ3v) is 4.06. The van der Waals surface area contributed by atoms with E-state index in [1.54, 1.807) is 0 Å². The Morgan fingerprint density at radius 2 is 2.15 bits per heavy atom. The Bertz CT molecular complexity index is 457. The van der Waals surface area contributed by atoms with Crippen LogP contribution in [0.3, 0.4) is 0 Å². The molecular formula is C16H25N3O. The van der Waals surface area contributed by atoms with Crippen molar-refractivity contribution in [3.63, 3.8) is 0 Å². The molecule has 0 saturated carbocycles. The molecule has 4 heteroatoms. The van der Waals surface area contributed by atoms with Gasteiger partial charge in [0.05, 0.1) is 12.6 Å². The van der Waals surface area contributed by atoms with Crippen LogP contribution in [0.5, 0.6) is 0 Å². The van der Waals surface area contributed by atoms with Crippen LogP contribution in [0.1, 0.15) is 31.0 Å². The molecule has 0 radical (unpaired) electrons. The molecule has 1 unspecified atom stereocenters. The largest absolute Gasteiger partial charge is 0.348 e. The summed E-state index contributed by atoms with van der Waals surface area (Å²) < 4.78 is 0. The molecule has 1 aromatic rings. The lowest BCUT2D eigenvalue weighted by atomic mass is 10.0. The van der Waals surface area contributed by atoms with Crippen molar-refractivity contribution in [2.24, 2.45) is 0 Å². The summed E-state index contributed by atoms with van der Waals surface area (Å²) in [6, 6.07) is 8.77. The van der Waals surface area contributed by atoms with Crippen LogP contribution in [-0.2, 0) is 4.79 Å². The predicted octanol–water partition coefficient (Wildman–Crippen LogP) is 1.47. The molecule has 0 spiro atoms. The summed E-state index contributed by atoms with van der Waals surface area (Å²) in [5.41, 5.74) is 2.41. The van der Waals surface area contributed by atoms with Gasteiger partial charge in [-0.15, -0.1) is 0 Å². The van der Waals surface area contributed by atoms with Crippen LogP contribution < -0.4 is 10.6 Å². The average Bonchev–Trinajstić information content (AvgIpc) is 2.36. The number of aryl methyl sites for hydroxylation is 1. The van der Waals surface area contributed by atoms with E-state index in [9.17, 15) is 4.79 Å². The fourth-order valence-electron chi connectivity index (χ4n) is 2.65.